The smallest absolute Gasteiger partial charge is 0.311 e. The maximum atomic E-state index is 11.3. The Morgan fingerprint density at radius 3 is 2.46 bits per heavy atom. The molecule has 2 aromatic rings. The van der Waals surface area contributed by atoms with Gasteiger partial charge in [0.05, 0.1) is 5.69 Å². The van der Waals surface area contributed by atoms with Gasteiger partial charge in [-0.15, -0.1) is 0 Å². The van der Waals surface area contributed by atoms with Crippen LogP contribution in [0.5, 0.6) is 0 Å². The van der Waals surface area contributed by atoms with Gasteiger partial charge < -0.3 is 4.98 Å². The summed E-state index contributed by atoms with van der Waals surface area (Å²) >= 11 is 3.29. The molecule has 0 radical (unpaired) electrons. The Bertz CT molecular complexity index is 458. The van der Waals surface area contributed by atoms with Crippen LogP contribution in [0.4, 0.5) is 0 Å². The summed E-state index contributed by atoms with van der Waals surface area (Å²) in [6, 6.07) is 9.44. The van der Waals surface area contributed by atoms with Gasteiger partial charge in [-0.1, -0.05) is 18.2 Å². The summed E-state index contributed by atoms with van der Waals surface area (Å²) < 4.78 is 2.28. The Hall–Kier alpha value is -1.29. The fourth-order valence-corrected chi connectivity index (χ4v) is 1.65. The standard InChI is InChI=1S/C9H7BrN2O/c10-8-6-11-9(13)12(8)7-4-2-1-3-5-7/h1-6H,(H,11,13). The maximum absolute atomic E-state index is 11.3. The van der Waals surface area contributed by atoms with E-state index in [1.807, 2.05) is 30.3 Å². The fourth-order valence-electron chi connectivity index (χ4n) is 1.17. The summed E-state index contributed by atoms with van der Waals surface area (Å²) in [5.74, 6) is 0. The van der Waals surface area contributed by atoms with Crippen LogP contribution in [0.25, 0.3) is 5.69 Å². The van der Waals surface area contributed by atoms with E-state index < -0.39 is 0 Å². The molecule has 3 nitrogen and oxygen atoms in total. The van der Waals surface area contributed by atoms with Crippen molar-refractivity contribution < 1.29 is 0 Å². The highest BCUT2D eigenvalue weighted by Crippen LogP contribution is 2.12. The molecule has 1 N–H and O–H groups in total. The molecule has 0 amide bonds. The van der Waals surface area contributed by atoms with Gasteiger partial charge in [0.25, 0.3) is 0 Å². The third-order valence-electron chi connectivity index (χ3n) is 1.75. The zero-order valence-electron chi connectivity index (χ0n) is 6.70. The second kappa shape index (κ2) is 3.22. The molecule has 0 aliphatic rings. The number of rotatable bonds is 1. The highest BCUT2D eigenvalue weighted by molar-refractivity contribution is 9.10. The van der Waals surface area contributed by atoms with Crippen molar-refractivity contribution in [2.24, 2.45) is 0 Å². The van der Waals surface area contributed by atoms with E-state index in [1.54, 1.807) is 10.8 Å². The van der Waals surface area contributed by atoms with Gasteiger partial charge in [-0.2, -0.15) is 0 Å². The van der Waals surface area contributed by atoms with Crippen LogP contribution in [-0.2, 0) is 0 Å². The number of aromatic nitrogens is 2. The number of hydrogen-bond acceptors (Lipinski definition) is 1. The predicted octanol–water partition coefficient (Wildman–Crippen LogP) is 1.93. The minimum atomic E-state index is -0.141. The molecule has 0 atom stereocenters. The topological polar surface area (TPSA) is 37.8 Å². The molecule has 2 rings (SSSR count). The fraction of sp³-hybridized carbons (Fsp3) is 0. The molecule has 0 bridgehead atoms. The van der Waals surface area contributed by atoms with Crippen molar-refractivity contribution in [3.8, 4) is 5.69 Å². The first-order valence-corrected chi connectivity index (χ1v) is 4.59. The monoisotopic (exact) mass is 238 g/mol. The van der Waals surface area contributed by atoms with Crippen molar-refractivity contribution in [1.82, 2.24) is 9.55 Å². The van der Waals surface area contributed by atoms with Gasteiger partial charge in [-0.25, -0.2) is 4.79 Å². The molecular weight excluding hydrogens is 232 g/mol. The van der Waals surface area contributed by atoms with Gasteiger partial charge in [0.1, 0.15) is 4.60 Å². The minimum Gasteiger partial charge on any atom is -0.311 e. The summed E-state index contributed by atoms with van der Waals surface area (Å²) in [4.78, 5) is 13.9. The summed E-state index contributed by atoms with van der Waals surface area (Å²) in [6.07, 6.45) is 1.62. The molecule has 0 spiro atoms. The Labute approximate surface area is 83.2 Å². The highest BCUT2D eigenvalue weighted by Gasteiger charge is 2.03. The first-order chi connectivity index (χ1) is 6.29. The number of halogens is 1. The number of H-pyrrole nitrogens is 1. The number of para-hydroxylation sites is 1. The summed E-state index contributed by atoms with van der Waals surface area (Å²) in [5, 5.41) is 0. The lowest BCUT2D eigenvalue weighted by molar-refractivity contribution is 0.968. The molecule has 0 aliphatic carbocycles. The van der Waals surface area contributed by atoms with Crippen molar-refractivity contribution in [3.05, 3.63) is 51.6 Å². The van der Waals surface area contributed by atoms with Gasteiger partial charge in [-0.3, -0.25) is 4.57 Å². The predicted molar refractivity (Wildman–Crippen MR) is 54.1 cm³/mol. The molecule has 0 saturated heterocycles. The third-order valence-corrected chi connectivity index (χ3v) is 2.33. The Morgan fingerprint density at radius 1 is 1.23 bits per heavy atom. The summed E-state index contributed by atoms with van der Waals surface area (Å²) in [7, 11) is 0. The lowest BCUT2D eigenvalue weighted by Crippen LogP contribution is -2.14. The molecular formula is C9H7BrN2O. The van der Waals surface area contributed by atoms with E-state index in [0.29, 0.717) is 0 Å². The Balaban J connectivity index is 2.65. The van der Waals surface area contributed by atoms with E-state index >= 15 is 0 Å². The molecule has 1 aromatic carbocycles. The van der Waals surface area contributed by atoms with E-state index in [2.05, 4.69) is 20.9 Å². The van der Waals surface area contributed by atoms with Crippen molar-refractivity contribution in [2.45, 2.75) is 0 Å². The molecule has 1 aromatic heterocycles. The maximum Gasteiger partial charge on any atom is 0.331 e. The molecule has 0 fully saturated rings. The lowest BCUT2D eigenvalue weighted by atomic mass is 10.3. The summed E-state index contributed by atoms with van der Waals surface area (Å²) in [5.41, 5.74) is 0.707. The molecule has 0 unspecified atom stereocenters. The molecule has 0 saturated carbocycles. The van der Waals surface area contributed by atoms with Crippen LogP contribution < -0.4 is 5.69 Å². The Morgan fingerprint density at radius 2 is 1.92 bits per heavy atom. The number of hydrogen-bond donors (Lipinski definition) is 1. The van der Waals surface area contributed by atoms with Crippen LogP contribution in [0.2, 0.25) is 0 Å². The lowest BCUT2D eigenvalue weighted by Gasteiger charge is -2.00. The molecule has 13 heavy (non-hydrogen) atoms. The van der Waals surface area contributed by atoms with Crippen LogP contribution in [0.3, 0.4) is 0 Å². The van der Waals surface area contributed by atoms with Crippen molar-refractivity contribution in [2.75, 3.05) is 0 Å². The molecule has 4 heteroatoms. The van der Waals surface area contributed by atoms with E-state index in [4.69, 9.17) is 0 Å². The van der Waals surface area contributed by atoms with E-state index in [0.717, 1.165) is 10.3 Å². The number of aromatic amines is 1. The number of nitrogens with one attached hydrogen (secondary N) is 1. The van der Waals surface area contributed by atoms with Gasteiger partial charge in [0.15, 0.2) is 0 Å². The zero-order chi connectivity index (χ0) is 9.26. The van der Waals surface area contributed by atoms with Crippen LogP contribution >= 0.6 is 15.9 Å². The van der Waals surface area contributed by atoms with Crippen molar-refractivity contribution in [1.29, 1.82) is 0 Å². The average Bonchev–Trinajstić information content (AvgIpc) is 2.48. The molecule has 0 aliphatic heterocycles. The van der Waals surface area contributed by atoms with Gasteiger partial charge >= 0.3 is 5.69 Å². The molecule has 66 valence electrons. The van der Waals surface area contributed by atoms with Crippen LogP contribution in [-0.4, -0.2) is 9.55 Å². The quantitative estimate of drug-likeness (QED) is 0.811. The number of imidazole rings is 1. The van der Waals surface area contributed by atoms with E-state index in [1.165, 1.54) is 0 Å². The normalized spacial score (nSPS) is 10.2. The third kappa shape index (κ3) is 1.45. The molecule has 1 heterocycles. The first kappa shape index (κ1) is 8.31. The zero-order valence-corrected chi connectivity index (χ0v) is 8.28. The average molecular weight is 239 g/mol. The van der Waals surface area contributed by atoms with Crippen LogP contribution in [0.15, 0.2) is 45.9 Å². The first-order valence-electron chi connectivity index (χ1n) is 3.80. The summed E-state index contributed by atoms with van der Waals surface area (Å²) in [6.45, 7) is 0. The van der Waals surface area contributed by atoms with Crippen LogP contribution in [0.1, 0.15) is 0 Å². The largest absolute Gasteiger partial charge is 0.331 e. The SMILES string of the molecule is O=c1[nH]cc(Br)n1-c1ccccc1. The van der Waals surface area contributed by atoms with Crippen molar-refractivity contribution >= 4 is 15.9 Å². The van der Waals surface area contributed by atoms with E-state index in [-0.39, 0.29) is 5.69 Å². The second-order valence-corrected chi connectivity index (χ2v) is 3.40. The van der Waals surface area contributed by atoms with Gasteiger partial charge in [-0.05, 0) is 28.1 Å². The van der Waals surface area contributed by atoms with Gasteiger partial charge in [0, 0.05) is 6.20 Å². The number of nitrogens with zero attached hydrogens (tertiary/aromatic N) is 1. The minimum absolute atomic E-state index is 0.141. The van der Waals surface area contributed by atoms with Crippen molar-refractivity contribution in [3.63, 3.8) is 0 Å². The second-order valence-electron chi connectivity index (χ2n) is 2.59. The van der Waals surface area contributed by atoms with Gasteiger partial charge in [0.2, 0.25) is 0 Å². The van der Waals surface area contributed by atoms with E-state index in [9.17, 15) is 4.79 Å². The van der Waals surface area contributed by atoms with Crippen LogP contribution in [0, 0.1) is 0 Å². The highest BCUT2D eigenvalue weighted by atomic mass is 79.9. The number of benzene rings is 1. The Kier molecular flexibility index (Phi) is 2.06.